The Morgan fingerprint density at radius 1 is 1.17 bits per heavy atom. The van der Waals surface area contributed by atoms with Crippen LogP contribution in [0.15, 0.2) is 30.3 Å². The van der Waals surface area contributed by atoms with Crippen molar-refractivity contribution in [3.8, 4) is 5.75 Å². The molecule has 5 heteroatoms. The van der Waals surface area contributed by atoms with Crippen LogP contribution in [0.5, 0.6) is 5.75 Å². The molecule has 2 aromatic rings. The van der Waals surface area contributed by atoms with E-state index in [4.69, 9.17) is 16.3 Å². The van der Waals surface area contributed by atoms with Crippen LogP contribution in [0, 0.1) is 6.92 Å². The van der Waals surface area contributed by atoms with E-state index in [1.165, 1.54) is 0 Å². The lowest BCUT2D eigenvalue weighted by molar-refractivity contribution is 0.415. The van der Waals surface area contributed by atoms with Crippen molar-refractivity contribution in [2.24, 2.45) is 0 Å². The summed E-state index contributed by atoms with van der Waals surface area (Å²) in [5.74, 6) is 1.58. The molecule has 0 radical (unpaired) electrons. The quantitative estimate of drug-likeness (QED) is 0.797. The van der Waals surface area contributed by atoms with Crippen molar-refractivity contribution in [1.82, 2.24) is 9.97 Å². The number of ether oxygens (including phenoxy) is 1. The Bertz CT molecular complexity index is 522. The van der Waals surface area contributed by atoms with Crippen molar-refractivity contribution >= 4 is 23.1 Å². The summed E-state index contributed by atoms with van der Waals surface area (Å²) in [6.45, 7) is 1.89. The molecule has 1 aromatic carbocycles. The number of anilines is 2. The molecule has 1 heterocycles. The summed E-state index contributed by atoms with van der Waals surface area (Å²) < 4.78 is 5.13. The van der Waals surface area contributed by atoms with Crippen molar-refractivity contribution in [1.29, 1.82) is 0 Å². The SMILES string of the molecule is COc1ccc(N(C)c2cc(C)nc(Cl)n2)cc1. The van der Waals surface area contributed by atoms with Crippen molar-refractivity contribution in [3.63, 3.8) is 0 Å². The summed E-state index contributed by atoms with van der Waals surface area (Å²) in [5.41, 5.74) is 1.84. The number of aromatic nitrogens is 2. The molecule has 94 valence electrons. The lowest BCUT2D eigenvalue weighted by Crippen LogP contribution is -2.11. The number of aryl methyl sites for hydroxylation is 1. The predicted octanol–water partition coefficient (Wildman–Crippen LogP) is 3.21. The molecule has 0 N–H and O–H groups in total. The maximum Gasteiger partial charge on any atom is 0.224 e. The lowest BCUT2D eigenvalue weighted by atomic mass is 10.2. The van der Waals surface area contributed by atoms with Crippen molar-refractivity contribution in [2.45, 2.75) is 6.92 Å². The molecule has 4 nitrogen and oxygen atoms in total. The molecule has 0 aliphatic heterocycles. The molecule has 1 aromatic heterocycles. The van der Waals surface area contributed by atoms with E-state index >= 15 is 0 Å². The fourth-order valence-electron chi connectivity index (χ4n) is 1.63. The predicted molar refractivity (Wildman–Crippen MR) is 72.8 cm³/mol. The summed E-state index contributed by atoms with van der Waals surface area (Å²) >= 11 is 5.86. The topological polar surface area (TPSA) is 38.2 Å². The molecule has 0 unspecified atom stereocenters. The highest BCUT2D eigenvalue weighted by atomic mass is 35.5. The first kappa shape index (κ1) is 12.6. The highest BCUT2D eigenvalue weighted by Crippen LogP contribution is 2.25. The van der Waals surface area contributed by atoms with Gasteiger partial charge in [-0.2, -0.15) is 0 Å². The van der Waals surface area contributed by atoms with E-state index in [0.717, 1.165) is 22.9 Å². The maximum absolute atomic E-state index is 5.86. The summed E-state index contributed by atoms with van der Waals surface area (Å²) in [4.78, 5) is 10.2. The van der Waals surface area contributed by atoms with Gasteiger partial charge in [0, 0.05) is 24.5 Å². The maximum atomic E-state index is 5.86. The zero-order chi connectivity index (χ0) is 13.1. The summed E-state index contributed by atoms with van der Waals surface area (Å²) in [6.07, 6.45) is 0. The van der Waals surface area contributed by atoms with Crippen LogP contribution in [-0.2, 0) is 0 Å². The summed E-state index contributed by atoms with van der Waals surface area (Å²) in [7, 11) is 3.58. The van der Waals surface area contributed by atoms with E-state index in [2.05, 4.69) is 9.97 Å². The molecule has 0 saturated carbocycles. The minimum absolute atomic E-state index is 0.255. The average Bonchev–Trinajstić information content (AvgIpc) is 2.37. The number of hydrogen-bond acceptors (Lipinski definition) is 4. The zero-order valence-electron chi connectivity index (χ0n) is 10.5. The molecular weight excluding hydrogens is 250 g/mol. The first-order valence-corrected chi connectivity index (χ1v) is 5.87. The van der Waals surface area contributed by atoms with Gasteiger partial charge < -0.3 is 9.64 Å². The number of hydrogen-bond donors (Lipinski definition) is 0. The van der Waals surface area contributed by atoms with Gasteiger partial charge in [-0.1, -0.05) is 0 Å². The Morgan fingerprint density at radius 3 is 2.39 bits per heavy atom. The third kappa shape index (κ3) is 2.71. The van der Waals surface area contributed by atoms with Crippen molar-refractivity contribution < 1.29 is 4.74 Å². The molecular formula is C13H14ClN3O. The van der Waals surface area contributed by atoms with Crippen LogP contribution in [0.3, 0.4) is 0 Å². The van der Waals surface area contributed by atoms with Crippen LogP contribution in [0.2, 0.25) is 5.28 Å². The van der Waals surface area contributed by atoms with E-state index in [-0.39, 0.29) is 5.28 Å². The molecule has 2 rings (SSSR count). The van der Waals surface area contributed by atoms with Gasteiger partial charge in [0.15, 0.2) is 0 Å². The van der Waals surface area contributed by atoms with Gasteiger partial charge in [-0.15, -0.1) is 0 Å². The molecule has 0 fully saturated rings. The van der Waals surface area contributed by atoms with Gasteiger partial charge >= 0.3 is 0 Å². The first-order chi connectivity index (χ1) is 8.60. The number of benzene rings is 1. The molecule has 0 aliphatic rings. The molecule has 0 spiro atoms. The van der Waals surface area contributed by atoms with Crippen LogP contribution in [-0.4, -0.2) is 24.1 Å². The monoisotopic (exact) mass is 263 g/mol. The standard InChI is InChI=1S/C13H14ClN3O/c1-9-8-12(16-13(14)15-9)17(2)10-4-6-11(18-3)7-5-10/h4-8H,1-3H3. The Morgan fingerprint density at radius 2 is 1.83 bits per heavy atom. The third-order valence-corrected chi connectivity index (χ3v) is 2.79. The van der Waals surface area contributed by atoms with Gasteiger partial charge in [-0.3, -0.25) is 0 Å². The van der Waals surface area contributed by atoms with Gasteiger partial charge in [0.2, 0.25) is 5.28 Å². The molecule has 0 atom stereocenters. The van der Waals surface area contributed by atoms with Crippen molar-refractivity contribution in [3.05, 3.63) is 41.3 Å². The smallest absolute Gasteiger partial charge is 0.224 e. The Hall–Kier alpha value is -1.81. The normalized spacial score (nSPS) is 10.2. The molecule has 0 saturated heterocycles. The van der Waals surface area contributed by atoms with Crippen LogP contribution in [0.1, 0.15) is 5.69 Å². The molecule has 0 bridgehead atoms. The van der Waals surface area contributed by atoms with Crippen molar-refractivity contribution in [2.75, 3.05) is 19.1 Å². The minimum Gasteiger partial charge on any atom is -0.497 e. The fraction of sp³-hybridized carbons (Fsp3) is 0.231. The largest absolute Gasteiger partial charge is 0.497 e. The summed E-state index contributed by atoms with van der Waals surface area (Å²) in [6, 6.07) is 9.62. The van der Waals surface area contributed by atoms with Crippen LogP contribution >= 0.6 is 11.6 Å². The van der Waals surface area contributed by atoms with E-state index in [0.29, 0.717) is 0 Å². The van der Waals surface area contributed by atoms with Gasteiger partial charge in [0.25, 0.3) is 0 Å². The highest BCUT2D eigenvalue weighted by molar-refractivity contribution is 6.28. The van der Waals surface area contributed by atoms with E-state index in [1.54, 1.807) is 7.11 Å². The molecule has 18 heavy (non-hydrogen) atoms. The van der Waals surface area contributed by atoms with Gasteiger partial charge in [0.1, 0.15) is 11.6 Å². The highest BCUT2D eigenvalue weighted by Gasteiger charge is 2.07. The average molecular weight is 264 g/mol. The number of nitrogens with zero attached hydrogens (tertiary/aromatic N) is 3. The minimum atomic E-state index is 0.255. The van der Waals surface area contributed by atoms with Gasteiger partial charge in [-0.05, 0) is 42.8 Å². The van der Waals surface area contributed by atoms with Crippen LogP contribution < -0.4 is 9.64 Å². The Balaban J connectivity index is 2.31. The second-order valence-electron chi connectivity index (χ2n) is 3.89. The van der Waals surface area contributed by atoms with E-state index in [1.807, 2.05) is 49.2 Å². The molecule has 0 amide bonds. The second-order valence-corrected chi connectivity index (χ2v) is 4.23. The fourth-order valence-corrected chi connectivity index (χ4v) is 1.85. The zero-order valence-corrected chi connectivity index (χ0v) is 11.3. The Labute approximate surface area is 111 Å². The van der Waals surface area contributed by atoms with Gasteiger partial charge in [-0.25, -0.2) is 9.97 Å². The first-order valence-electron chi connectivity index (χ1n) is 5.49. The third-order valence-electron chi connectivity index (χ3n) is 2.62. The van der Waals surface area contributed by atoms with Crippen LogP contribution in [0.25, 0.3) is 0 Å². The molecule has 0 aliphatic carbocycles. The van der Waals surface area contributed by atoms with Crippen LogP contribution in [0.4, 0.5) is 11.5 Å². The Kier molecular flexibility index (Phi) is 3.67. The van der Waals surface area contributed by atoms with E-state index in [9.17, 15) is 0 Å². The summed E-state index contributed by atoms with van der Waals surface area (Å²) in [5, 5.41) is 0.255. The van der Waals surface area contributed by atoms with E-state index < -0.39 is 0 Å². The second kappa shape index (κ2) is 5.23. The van der Waals surface area contributed by atoms with Gasteiger partial charge in [0.05, 0.1) is 7.11 Å². The lowest BCUT2D eigenvalue weighted by Gasteiger charge is -2.18. The number of methoxy groups -OCH3 is 1. The number of rotatable bonds is 3. The number of halogens is 1.